The Balaban J connectivity index is 2.05. The number of para-hydroxylation sites is 2. The minimum Gasteiger partial charge on any atom is -0.489 e. The molecule has 0 spiro atoms. The number of benzene rings is 1. The highest BCUT2D eigenvalue weighted by molar-refractivity contribution is 5.56. The molecule has 1 aliphatic rings. The molecule has 0 amide bonds. The molecule has 106 valence electrons. The van der Waals surface area contributed by atoms with Crippen LogP contribution in [-0.4, -0.2) is 12.1 Å². The van der Waals surface area contributed by atoms with Crippen molar-refractivity contribution >= 4 is 5.69 Å². The largest absolute Gasteiger partial charge is 0.489 e. The number of ether oxygens (including phenoxy) is 1. The fraction of sp³-hybridized carbons (Fsp3) is 0.647. The van der Waals surface area contributed by atoms with Crippen LogP contribution in [0.3, 0.4) is 0 Å². The van der Waals surface area contributed by atoms with Crippen molar-refractivity contribution in [2.45, 2.75) is 59.1 Å². The van der Waals surface area contributed by atoms with Gasteiger partial charge in [-0.25, -0.2) is 0 Å². The first-order valence-corrected chi connectivity index (χ1v) is 7.56. The van der Waals surface area contributed by atoms with Crippen molar-refractivity contribution in [1.82, 2.24) is 0 Å². The molecule has 0 aromatic heterocycles. The van der Waals surface area contributed by atoms with Gasteiger partial charge < -0.3 is 10.1 Å². The second-order valence-electron chi connectivity index (χ2n) is 6.42. The van der Waals surface area contributed by atoms with E-state index in [0.29, 0.717) is 6.04 Å². The maximum absolute atomic E-state index is 5.88. The predicted octanol–water partition coefficient (Wildman–Crippen LogP) is 4.71. The van der Waals surface area contributed by atoms with Gasteiger partial charge in [-0.05, 0) is 57.1 Å². The third kappa shape index (κ3) is 4.15. The Kier molecular flexibility index (Phi) is 4.73. The minimum absolute atomic E-state index is 0.215. The molecule has 0 heterocycles. The van der Waals surface area contributed by atoms with E-state index >= 15 is 0 Å². The highest BCUT2D eigenvalue weighted by atomic mass is 16.5. The van der Waals surface area contributed by atoms with Gasteiger partial charge in [0.1, 0.15) is 5.75 Å². The molecule has 19 heavy (non-hydrogen) atoms. The molecule has 0 aliphatic heterocycles. The monoisotopic (exact) mass is 261 g/mol. The topological polar surface area (TPSA) is 21.3 Å². The second kappa shape index (κ2) is 6.31. The molecule has 0 radical (unpaired) electrons. The summed E-state index contributed by atoms with van der Waals surface area (Å²) in [5.74, 6) is 2.61. The van der Waals surface area contributed by atoms with Gasteiger partial charge in [-0.1, -0.05) is 26.0 Å². The van der Waals surface area contributed by atoms with Crippen molar-refractivity contribution < 1.29 is 4.74 Å². The first kappa shape index (κ1) is 14.2. The summed E-state index contributed by atoms with van der Waals surface area (Å²) in [6, 6.07) is 8.87. The summed E-state index contributed by atoms with van der Waals surface area (Å²) >= 11 is 0. The Morgan fingerprint density at radius 3 is 2.32 bits per heavy atom. The molecule has 0 bridgehead atoms. The van der Waals surface area contributed by atoms with Gasteiger partial charge in [0.15, 0.2) is 0 Å². The lowest BCUT2D eigenvalue weighted by Gasteiger charge is -2.33. The van der Waals surface area contributed by atoms with Crippen LogP contribution in [0.25, 0.3) is 0 Å². The second-order valence-corrected chi connectivity index (χ2v) is 6.42. The lowest BCUT2D eigenvalue weighted by atomic mass is 9.80. The van der Waals surface area contributed by atoms with E-state index in [9.17, 15) is 0 Å². The van der Waals surface area contributed by atoms with Crippen molar-refractivity contribution in [2.75, 3.05) is 5.32 Å². The Hall–Kier alpha value is -1.18. The standard InChI is InChI=1S/C17H27NO/c1-12(2)19-17-8-6-5-7-16(17)18-15-10-13(3)9-14(4)11-15/h5-8,12-15,18H,9-11H2,1-4H3. The first-order chi connectivity index (χ1) is 9.04. The molecule has 2 heteroatoms. The van der Waals surface area contributed by atoms with Gasteiger partial charge in [0.2, 0.25) is 0 Å². The summed E-state index contributed by atoms with van der Waals surface area (Å²) in [6.45, 7) is 8.87. The highest BCUT2D eigenvalue weighted by Crippen LogP contribution is 2.33. The number of hydrogen-bond donors (Lipinski definition) is 1. The quantitative estimate of drug-likeness (QED) is 0.847. The fourth-order valence-corrected chi connectivity index (χ4v) is 3.23. The van der Waals surface area contributed by atoms with E-state index in [1.54, 1.807) is 0 Å². The fourth-order valence-electron chi connectivity index (χ4n) is 3.23. The van der Waals surface area contributed by atoms with Crippen molar-refractivity contribution in [3.8, 4) is 5.75 Å². The summed E-state index contributed by atoms with van der Waals surface area (Å²) in [7, 11) is 0. The average molecular weight is 261 g/mol. The maximum Gasteiger partial charge on any atom is 0.142 e. The number of nitrogens with one attached hydrogen (secondary N) is 1. The Labute approximate surface area is 117 Å². The van der Waals surface area contributed by atoms with Crippen molar-refractivity contribution in [1.29, 1.82) is 0 Å². The molecule has 1 N–H and O–H groups in total. The van der Waals surface area contributed by atoms with Crippen LogP contribution in [0.1, 0.15) is 47.0 Å². The van der Waals surface area contributed by atoms with Crippen molar-refractivity contribution in [3.63, 3.8) is 0 Å². The molecule has 2 nitrogen and oxygen atoms in total. The molecular formula is C17H27NO. The summed E-state index contributed by atoms with van der Waals surface area (Å²) in [5.41, 5.74) is 1.14. The van der Waals surface area contributed by atoms with Gasteiger partial charge >= 0.3 is 0 Å². The van der Waals surface area contributed by atoms with Crippen LogP contribution in [0.15, 0.2) is 24.3 Å². The van der Waals surface area contributed by atoms with E-state index in [1.165, 1.54) is 19.3 Å². The molecule has 2 unspecified atom stereocenters. The third-order valence-electron chi connectivity index (χ3n) is 3.79. The smallest absolute Gasteiger partial charge is 0.142 e. The zero-order valence-corrected chi connectivity index (χ0v) is 12.6. The van der Waals surface area contributed by atoms with Gasteiger partial charge in [-0.2, -0.15) is 0 Å². The van der Waals surface area contributed by atoms with Crippen LogP contribution in [0, 0.1) is 11.8 Å². The summed E-state index contributed by atoms with van der Waals surface area (Å²) in [5, 5.41) is 3.69. The normalized spacial score (nSPS) is 27.3. The molecule has 1 aliphatic carbocycles. The Morgan fingerprint density at radius 1 is 1.05 bits per heavy atom. The van der Waals surface area contributed by atoms with Crippen molar-refractivity contribution in [3.05, 3.63) is 24.3 Å². The number of rotatable bonds is 4. The zero-order chi connectivity index (χ0) is 13.8. The van der Waals surface area contributed by atoms with Crippen LogP contribution in [0.5, 0.6) is 5.75 Å². The Morgan fingerprint density at radius 2 is 1.68 bits per heavy atom. The molecule has 2 atom stereocenters. The average Bonchev–Trinajstić information content (AvgIpc) is 2.29. The summed E-state index contributed by atoms with van der Waals surface area (Å²) in [6.07, 6.45) is 4.11. The molecular weight excluding hydrogens is 234 g/mol. The SMILES string of the molecule is CC1CC(C)CC(Nc2ccccc2OC(C)C)C1. The van der Waals surface area contributed by atoms with Crippen LogP contribution >= 0.6 is 0 Å². The van der Waals surface area contributed by atoms with Crippen LogP contribution in [-0.2, 0) is 0 Å². The molecule has 1 aromatic rings. The first-order valence-electron chi connectivity index (χ1n) is 7.56. The maximum atomic E-state index is 5.88. The van der Waals surface area contributed by atoms with Gasteiger partial charge in [0, 0.05) is 6.04 Å². The zero-order valence-electron chi connectivity index (χ0n) is 12.6. The van der Waals surface area contributed by atoms with Crippen molar-refractivity contribution in [2.24, 2.45) is 11.8 Å². The van der Waals surface area contributed by atoms with Crippen LogP contribution in [0.4, 0.5) is 5.69 Å². The van der Waals surface area contributed by atoms with E-state index in [1.807, 2.05) is 6.07 Å². The summed E-state index contributed by atoms with van der Waals surface area (Å²) in [4.78, 5) is 0. The minimum atomic E-state index is 0.215. The van der Waals surface area contributed by atoms with Gasteiger partial charge in [0.05, 0.1) is 11.8 Å². The van der Waals surface area contributed by atoms with E-state index in [2.05, 4.69) is 51.2 Å². The molecule has 1 saturated carbocycles. The van der Waals surface area contributed by atoms with E-state index in [0.717, 1.165) is 23.3 Å². The van der Waals surface area contributed by atoms with Crippen LogP contribution in [0.2, 0.25) is 0 Å². The van der Waals surface area contributed by atoms with E-state index in [4.69, 9.17) is 4.74 Å². The molecule has 2 rings (SSSR count). The highest BCUT2D eigenvalue weighted by Gasteiger charge is 2.24. The lowest BCUT2D eigenvalue weighted by Crippen LogP contribution is -2.30. The predicted molar refractivity (Wildman–Crippen MR) is 81.8 cm³/mol. The van der Waals surface area contributed by atoms with Gasteiger partial charge in [-0.15, -0.1) is 0 Å². The molecule has 0 saturated heterocycles. The van der Waals surface area contributed by atoms with E-state index < -0.39 is 0 Å². The summed E-state index contributed by atoms with van der Waals surface area (Å²) < 4.78 is 5.88. The third-order valence-corrected chi connectivity index (χ3v) is 3.79. The lowest BCUT2D eigenvalue weighted by molar-refractivity contribution is 0.242. The van der Waals surface area contributed by atoms with E-state index in [-0.39, 0.29) is 6.10 Å². The molecule has 1 fully saturated rings. The van der Waals surface area contributed by atoms with Gasteiger partial charge in [0.25, 0.3) is 0 Å². The number of anilines is 1. The van der Waals surface area contributed by atoms with Crippen LogP contribution < -0.4 is 10.1 Å². The molecule has 1 aromatic carbocycles. The Bertz CT molecular complexity index is 392. The van der Waals surface area contributed by atoms with Gasteiger partial charge in [-0.3, -0.25) is 0 Å². The number of hydrogen-bond acceptors (Lipinski definition) is 2.